The number of aromatic nitrogens is 2. The summed E-state index contributed by atoms with van der Waals surface area (Å²) in [6.07, 6.45) is 3.35. The van der Waals surface area contributed by atoms with Crippen LogP contribution in [-0.4, -0.2) is 42.1 Å². The third-order valence-electron chi connectivity index (χ3n) is 5.61. The van der Waals surface area contributed by atoms with Crippen molar-refractivity contribution in [3.05, 3.63) is 90.8 Å². The molecule has 0 spiro atoms. The van der Waals surface area contributed by atoms with E-state index in [1.165, 1.54) is 5.69 Å². The van der Waals surface area contributed by atoms with Gasteiger partial charge in [-0.25, -0.2) is 9.97 Å². The molecule has 1 fully saturated rings. The van der Waals surface area contributed by atoms with Crippen LogP contribution in [0.2, 0.25) is 0 Å². The molecule has 1 saturated heterocycles. The van der Waals surface area contributed by atoms with Crippen molar-refractivity contribution in [1.82, 2.24) is 9.97 Å². The Balaban J connectivity index is 1.24. The summed E-state index contributed by atoms with van der Waals surface area (Å²) >= 11 is 0. The zero-order valence-electron chi connectivity index (χ0n) is 17.1. The number of fused-ring (bicyclic) bond motifs is 1. The fraction of sp³-hybridized carbons (Fsp3) is 0.160. The Kier molecular flexibility index (Phi) is 5.19. The van der Waals surface area contributed by atoms with Crippen LogP contribution in [0.4, 0.5) is 17.3 Å². The molecule has 0 bridgehead atoms. The average Bonchev–Trinajstić information content (AvgIpc) is 2.85. The minimum absolute atomic E-state index is 0.162. The number of rotatable bonds is 4. The van der Waals surface area contributed by atoms with Crippen LogP contribution in [0.25, 0.3) is 10.8 Å². The quantitative estimate of drug-likeness (QED) is 0.547. The highest BCUT2D eigenvalue weighted by atomic mass is 16.1. The maximum absolute atomic E-state index is 12.8. The molecule has 0 radical (unpaired) electrons. The van der Waals surface area contributed by atoms with Crippen molar-refractivity contribution >= 4 is 34.0 Å². The van der Waals surface area contributed by atoms with Crippen LogP contribution in [0.15, 0.2) is 85.2 Å². The van der Waals surface area contributed by atoms with Crippen molar-refractivity contribution in [1.29, 1.82) is 0 Å². The second-order valence-corrected chi connectivity index (χ2v) is 7.56. The van der Waals surface area contributed by atoms with Gasteiger partial charge in [-0.1, -0.05) is 54.6 Å². The first-order valence-corrected chi connectivity index (χ1v) is 10.4. The second kappa shape index (κ2) is 8.44. The first-order valence-electron chi connectivity index (χ1n) is 10.4. The smallest absolute Gasteiger partial charge is 0.256 e. The molecule has 0 saturated carbocycles. The molecule has 154 valence electrons. The van der Waals surface area contributed by atoms with Crippen molar-refractivity contribution in [3.8, 4) is 0 Å². The molecule has 1 N–H and O–H groups in total. The Morgan fingerprint density at radius 1 is 0.742 bits per heavy atom. The highest BCUT2D eigenvalue weighted by molar-refractivity contribution is 6.12. The van der Waals surface area contributed by atoms with E-state index in [0.29, 0.717) is 17.2 Å². The summed E-state index contributed by atoms with van der Waals surface area (Å²) in [6, 6.07) is 24.0. The number of carbonyl (C=O) groups excluding carboxylic acids is 1. The largest absolute Gasteiger partial charge is 0.368 e. The monoisotopic (exact) mass is 409 g/mol. The Morgan fingerprint density at radius 3 is 2.16 bits per heavy atom. The van der Waals surface area contributed by atoms with Gasteiger partial charge in [-0.15, -0.1) is 0 Å². The lowest BCUT2D eigenvalue weighted by atomic mass is 10.0. The third-order valence-corrected chi connectivity index (χ3v) is 5.61. The predicted octanol–water partition coefficient (Wildman–Crippen LogP) is 4.21. The zero-order chi connectivity index (χ0) is 21.0. The molecule has 2 heterocycles. The van der Waals surface area contributed by atoms with E-state index in [9.17, 15) is 4.79 Å². The summed E-state index contributed by atoms with van der Waals surface area (Å²) in [5, 5.41) is 4.88. The standard InChI is InChI=1S/C25H23N5O/c31-24(23-12-6-8-19-7-4-5-11-22(19)23)28-20-17-26-25(27-18-20)30-15-13-29(14-16-30)21-9-2-1-3-10-21/h1-12,17-18H,13-16H2,(H,28,31). The van der Waals surface area contributed by atoms with Gasteiger partial charge in [-0.2, -0.15) is 0 Å². The van der Waals surface area contributed by atoms with Gasteiger partial charge in [0, 0.05) is 37.4 Å². The van der Waals surface area contributed by atoms with Crippen LogP contribution in [-0.2, 0) is 0 Å². The number of nitrogens with zero attached hydrogens (tertiary/aromatic N) is 4. The van der Waals surface area contributed by atoms with Crippen molar-refractivity contribution < 1.29 is 4.79 Å². The average molecular weight is 409 g/mol. The molecule has 4 aromatic rings. The molecule has 3 aromatic carbocycles. The lowest BCUT2D eigenvalue weighted by Crippen LogP contribution is -2.47. The van der Waals surface area contributed by atoms with E-state index >= 15 is 0 Å². The number of hydrogen-bond acceptors (Lipinski definition) is 5. The van der Waals surface area contributed by atoms with Crippen LogP contribution in [0, 0.1) is 0 Å². The van der Waals surface area contributed by atoms with Gasteiger partial charge >= 0.3 is 0 Å². The predicted molar refractivity (Wildman–Crippen MR) is 125 cm³/mol. The van der Waals surface area contributed by atoms with Crippen molar-refractivity contribution in [2.75, 3.05) is 41.3 Å². The molecule has 6 heteroatoms. The van der Waals surface area contributed by atoms with Gasteiger partial charge in [-0.05, 0) is 29.0 Å². The molecular weight excluding hydrogens is 386 g/mol. The fourth-order valence-corrected chi connectivity index (χ4v) is 3.97. The molecule has 1 aliphatic rings. The van der Waals surface area contributed by atoms with E-state index in [1.807, 2.05) is 48.5 Å². The van der Waals surface area contributed by atoms with Gasteiger partial charge in [0.15, 0.2) is 0 Å². The molecule has 0 aliphatic carbocycles. The Bertz CT molecular complexity index is 1180. The van der Waals surface area contributed by atoms with Crippen LogP contribution >= 0.6 is 0 Å². The maximum Gasteiger partial charge on any atom is 0.256 e. The number of nitrogens with one attached hydrogen (secondary N) is 1. The van der Waals surface area contributed by atoms with Gasteiger partial charge < -0.3 is 15.1 Å². The summed E-state index contributed by atoms with van der Waals surface area (Å²) in [5.41, 5.74) is 2.47. The first kappa shape index (κ1) is 19.1. The number of piperazine rings is 1. The normalized spacial score (nSPS) is 13.9. The third kappa shape index (κ3) is 4.05. The van der Waals surface area contributed by atoms with E-state index in [-0.39, 0.29) is 5.91 Å². The lowest BCUT2D eigenvalue weighted by molar-refractivity contribution is 0.102. The van der Waals surface area contributed by atoms with Gasteiger partial charge in [0.05, 0.1) is 18.1 Å². The van der Waals surface area contributed by atoms with E-state index in [1.54, 1.807) is 12.4 Å². The van der Waals surface area contributed by atoms with E-state index < -0.39 is 0 Å². The highest BCUT2D eigenvalue weighted by Gasteiger charge is 2.19. The van der Waals surface area contributed by atoms with Crippen LogP contribution in [0.3, 0.4) is 0 Å². The number of amides is 1. The molecule has 1 aliphatic heterocycles. The number of carbonyl (C=O) groups is 1. The van der Waals surface area contributed by atoms with Crippen LogP contribution in [0.1, 0.15) is 10.4 Å². The van der Waals surface area contributed by atoms with Crippen molar-refractivity contribution in [3.63, 3.8) is 0 Å². The molecule has 6 nitrogen and oxygen atoms in total. The second-order valence-electron chi connectivity index (χ2n) is 7.56. The van der Waals surface area contributed by atoms with Crippen LogP contribution < -0.4 is 15.1 Å². The van der Waals surface area contributed by atoms with E-state index in [4.69, 9.17) is 0 Å². The van der Waals surface area contributed by atoms with E-state index in [0.717, 1.165) is 37.0 Å². The van der Waals surface area contributed by atoms with Gasteiger partial charge in [0.2, 0.25) is 5.95 Å². The summed E-state index contributed by atoms with van der Waals surface area (Å²) in [4.78, 5) is 26.3. The SMILES string of the molecule is O=C(Nc1cnc(N2CCN(c3ccccc3)CC2)nc1)c1cccc2ccccc12. The van der Waals surface area contributed by atoms with Gasteiger partial charge in [0.25, 0.3) is 5.91 Å². The fourth-order valence-electron chi connectivity index (χ4n) is 3.97. The number of para-hydroxylation sites is 1. The Labute approximate surface area is 181 Å². The minimum atomic E-state index is -0.162. The first-order chi connectivity index (χ1) is 15.3. The number of benzene rings is 3. The van der Waals surface area contributed by atoms with E-state index in [2.05, 4.69) is 49.4 Å². The highest BCUT2D eigenvalue weighted by Crippen LogP contribution is 2.21. The topological polar surface area (TPSA) is 61.4 Å². The summed E-state index contributed by atoms with van der Waals surface area (Å²) in [5.74, 6) is 0.528. The maximum atomic E-state index is 12.8. The van der Waals surface area contributed by atoms with Gasteiger partial charge in [0.1, 0.15) is 0 Å². The van der Waals surface area contributed by atoms with Crippen LogP contribution in [0.5, 0.6) is 0 Å². The van der Waals surface area contributed by atoms with Crippen molar-refractivity contribution in [2.24, 2.45) is 0 Å². The molecular formula is C25H23N5O. The molecule has 1 aromatic heterocycles. The molecule has 0 unspecified atom stereocenters. The number of hydrogen-bond donors (Lipinski definition) is 1. The lowest BCUT2D eigenvalue weighted by Gasteiger charge is -2.36. The van der Waals surface area contributed by atoms with Crippen molar-refractivity contribution in [2.45, 2.75) is 0 Å². The zero-order valence-corrected chi connectivity index (χ0v) is 17.1. The number of anilines is 3. The summed E-state index contributed by atoms with van der Waals surface area (Å²) in [7, 11) is 0. The molecule has 31 heavy (non-hydrogen) atoms. The minimum Gasteiger partial charge on any atom is -0.368 e. The molecule has 1 amide bonds. The Hall–Kier alpha value is -3.93. The summed E-state index contributed by atoms with van der Waals surface area (Å²) < 4.78 is 0. The molecule has 5 rings (SSSR count). The molecule has 0 atom stereocenters. The van der Waals surface area contributed by atoms with Gasteiger partial charge in [-0.3, -0.25) is 4.79 Å². The Morgan fingerprint density at radius 2 is 1.39 bits per heavy atom. The summed E-state index contributed by atoms with van der Waals surface area (Å²) in [6.45, 7) is 3.56.